The molecule has 1 fully saturated rings. The molecule has 0 amide bonds. The van der Waals surface area contributed by atoms with E-state index in [0.717, 1.165) is 63.2 Å². The number of nitrogens with one attached hydrogen (secondary N) is 2. The Bertz CT molecular complexity index is 1010. The van der Waals surface area contributed by atoms with E-state index in [4.69, 9.17) is 4.99 Å². The fourth-order valence-corrected chi connectivity index (χ4v) is 3.84. The van der Waals surface area contributed by atoms with Crippen molar-refractivity contribution >= 4 is 11.8 Å². The van der Waals surface area contributed by atoms with Gasteiger partial charge in [0.1, 0.15) is 5.82 Å². The van der Waals surface area contributed by atoms with Crippen LogP contribution in [0.15, 0.2) is 66.0 Å². The lowest BCUT2D eigenvalue weighted by atomic mass is 10.1. The third-order valence-electron chi connectivity index (χ3n) is 5.81. The summed E-state index contributed by atoms with van der Waals surface area (Å²) < 4.78 is 1.87. The Balaban J connectivity index is 1.30. The van der Waals surface area contributed by atoms with Gasteiger partial charge in [0.15, 0.2) is 5.96 Å². The van der Waals surface area contributed by atoms with Gasteiger partial charge in [0.05, 0.1) is 12.2 Å². The maximum absolute atomic E-state index is 4.79. The Morgan fingerprint density at radius 2 is 1.82 bits per heavy atom. The van der Waals surface area contributed by atoms with Crippen LogP contribution in [0.3, 0.4) is 0 Å². The summed E-state index contributed by atoms with van der Waals surface area (Å²) in [6.45, 7) is 8.53. The Kier molecular flexibility index (Phi) is 7.92. The first kappa shape index (κ1) is 22.8. The lowest BCUT2D eigenvalue weighted by molar-refractivity contribution is 0.312. The minimum absolute atomic E-state index is 0.622. The van der Waals surface area contributed by atoms with Crippen molar-refractivity contribution in [2.24, 2.45) is 4.99 Å². The van der Waals surface area contributed by atoms with Gasteiger partial charge in [0, 0.05) is 57.9 Å². The third kappa shape index (κ3) is 6.55. The molecule has 0 unspecified atom stereocenters. The Morgan fingerprint density at radius 3 is 2.55 bits per heavy atom. The van der Waals surface area contributed by atoms with E-state index in [2.05, 4.69) is 74.8 Å². The van der Waals surface area contributed by atoms with Gasteiger partial charge in [0.25, 0.3) is 0 Å². The van der Waals surface area contributed by atoms with Gasteiger partial charge in [0.2, 0.25) is 0 Å². The van der Waals surface area contributed by atoms with Crippen molar-refractivity contribution in [2.75, 3.05) is 51.2 Å². The van der Waals surface area contributed by atoms with E-state index < -0.39 is 0 Å². The van der Waals surface area contributed by atoms with E-state index in [0.29, 0.717) is 6.54 Å². The molecule has 33 heavy (non-hydrogen) atoms. The van der Waals surface area contributed by atoms with Crippen LogP contribution in [0.1, 0.15) is 18.1 Å². The number of piperazine rings is 1. The van der Waals surface area contributed by atoms with Crippen molar-refractivity contribution < 1.29 is 0 Å². The molecular formula is C25H34N8. The molecule has 1 aliphatic heterocycles. The predicted molar refractivity (Wildman–Crippen MR) is 134 cm³/mol. The fraction of sp³-hybridized carbons (Fsp3) is 0.400. The number of aliphatic imine (C=N–C) groups is 1. The number of likely N-dealkylation sites (N-methyl/N-ethyl adjacent to an activating group) is 1. The number of benzene rings is 1. The minimum atomic E-state index is 0.622. The first-order valence-electron chi connectivity index (χ1n) is 11.7. The normalized spacial score (nSPS) is 15.0. The van der Waals surface area contributed by atoms with E-state index in [-0.39, 0.29) is 0 Å². The maximum Gasteiger partial charge on any atom is 0.191 e. The zero-order valence-corrected chi connectivity index (χ0v) is 19.6. The molecule has 3 heterocycles. The summed E-state index contributed by atoms with van der Waals surface area (Å²) in [5.74, 6) is 1.89. The van der Waals surface area contributed by atoms with Crippen molar-refractivity contribution in [2.45, 2.75) is 19.9 Å². The van der Waals surface area contributed by atoms with Crippen LogP contribution in [0.2, 0.25) is 0 Å². The van der Waals surface area contributed by atoms with Crippen molar-refractivity contribution in [3.05, 3.63) is 72.2 Å². The van der Waals surface area contributed by atoms with Gasteiger partial charge in [-0.3, -0.25) is 0 Å². The van der Waals surface area contributed by atoms with E-state index in [1.165, 1.54) is 11.1 Å². The van der Waals surface area contributed by atoms with E-state index in [9.17, 15) is 0 Å². The number of pyridine rings is 1. The first-order chi connectivity index (χ1) is 16.2. The van der Waals surface area contributed by atoms with Gasteiger partial charge >= 0.3 is 0 Å². The van der Waals surface area contributed by atoms with Crippen LogP contribution in [0, 0.1) is 0 Å². The molecule has 0 spiro atoms. The highest BCUT2D eigenvalue weighted by atomic mass is 15.3. The SMILES string of the molecule is CCNC(=NCc1ccnc(N2CCN(C)CC2)c1)NCCc1ccc(-n2cccn2)cc1. The molecule has 4 rings (SSSR count). The monoisotopic (exact) mass is 446 g/mol. The molecule has 0 saturated carbocycles. The van der Waals surface area contributed by atoms with Crippen molar-refractivity contribution in [3.63, 3.8) is 0 Å². The number of nitrogens with zero attached hydrogens (tertiary/aromatic N) is 6. The number of guanidine groups is 1. The number of rotatable bonds is 8. The average molecular weight is 447 g/mol. The zero-order valence-electron chi connectivity index (χ0n) is 19.6. The lowest BCUT2D eigenvalue weighted by Gasteiger charge is -2.33. The van der Waals surface area contributed by atoms with E-state index in [1.807, 2.05) is 29.2 Å². The van der Waals surface area contributed by atoms with E-state index >= 15 is 0 Å². The fourth-order valence-electron chi connectivity index (χ4n) is 3.84. The van der Waals surface area contributed by atoms with Gasteiger partial charge in [-0.1, -0.05) is 12.1 Å². The van der Waals surface area contributed by atoms with Crippen molar-refractivity contribution in [3.8, 4) is 5.69 Å². The Morgan fingerprint density at radius 1 is 1.00 bits per heavy atom. The lowest BCUT2D eigenvalue weighted by Crippen LogP contribution is -2.44. The Hall–Kier alpha value is -3.39. The molecule has 8 heteroatoms. The zero-order chi connectivity index (χ0) is 22.9. The highest BCUT2D eigenvalue weighted by Gasteiger charge is 2.15. The van der Waals surface area contributed by atoms with Gasteiger partial charge in [-0.2, -0.15) is 5.10 Å². The van der Waals surface area contributed by atoms with Crippen LogP contribution in [0.5, 0.6) is 0 Å². The van der Waals surface area contributed by atoms with Crippen LogP contribution in [0.4, 0.5) is 5.82 Å². The minimum Gasteiger partial charge on any atom is -0.357 e. The quantitative estimate of drug-likeness (QED) is 0.409. The second-order valence-electron chi connectivity index (χ2n) is 8.30. The van der Waals surface area contributed by atoms with Crippen molar-refractivity contribution in [1.82, 2.24) is 30.3 Å². The molecule has 2 N–H and O–H groups in total. The topological polar surface area (TPSA) is 73.6 Å². The maximum atomic E-state index is 4.79. The molecule has 1 aliphatic rings. The molecule has 174 valence electrons. The highest BCUT2D eigenvalue weighted by Crippen LogP contribution is 2.15. The van der Waals surface area contributed by atoms with Gasteiger partial charge in [-0.05, 0) is 61.9 Å². The second-order valence-corrected chi connectivity index (χ2v) is 8.30. The molecular weight excluding hydrogens is 412 g/mol. The molecule has 0 bridgehead atoms. The van der Waals surface area contributed by atoms with Gasteiger partial charge < -0.3 is 20.4 Å². The number of hydrogen-bond acceptors (Lipinski definition) is 5. The summed E-state index contributed by atoms with van der Waals surface area (Å²) in [6.07, 6.45) is 6.56. The first-order valence-corrected chi connectivity index (χ1v) is 11.7. The predicted octanol–water partition coefficient (Wildman–Crippen LogP) is 2.32. The highest BCUT2D eigenvalue weighted by molar-refractivity contribution is 5.79. The van der Waals surface area contributed by atoms with Gasteiger partial charge in [-0.15, -0.1) is 0 Å². The number of hydrogen-bond donors (Lipinski definition) is 2. The molecule has 0 atom stereocenters. The van der Waals surface area contributed by atoms with Crippen LogP contribution < -0.4 is 15.5 Å². The van der Waals surface area contributed by atoms with Crippen LogP contribution >= 0.6 is 0 Å². The second kappa shape index (κ2) is 11.5. The molecule has 3 aromatic rings. The number of anilines is 1. The summed E-state index contributed by atoms with van der Waals surface area (Å²) in [6, 6.07) is 14.7. The average Bonchev–Trinajstić information content (AvgIpc) is 3.39. The van der Waals surface area contributed by atoms with Crippen LogP contribution in [-0.4, -0.2) is 71.9 Å². The molecule has 1 saturated heterocycles. The molecule has 0 aliphatic carbocycles. The molecule has 2 aromatic heterocycles. The summed E-state index contributed by atoms with van der Waals surface area (Å²) in [5, 5.41) is 11.1. The molecule has 0 radical (unpaired) electrons. The van der Waals surface area contributed by atoms with Crippen molar-refractivity contribution in [1.29, 1.82) is 0 Å². The summed E-state index contributed by atoms with van der Waals surface area (Å²) in [4.78, 5) is 14.1. The van der Waals surface area contributed by atoms with Crippen LogP contribution in [0.25, 0.3) is 5.69 Å². The largest absolute Gasteiger partial charge is 0.357 e. The molecule has 1 aromatic carbocycles. The third-order valence-corrected chi connectivity index (χ3v) is 5.81. The molecule has 8 nitrogen and oxygen atoms in total. The summed E-state index contributed by atoms with van der Waals surface area (Å²) >= 11 is 0. The standard InChI is InChI=1S/C25H34N8/c1-3-26-25(28-13-9-21-5-7-23(8-6-21)33-14-4-11-30-33)29-20-22-10-12-27-24(19-22)32-17-15-31(2)16-18-32/h4-8,10-12,14,19H,3,9,13,15-18,20H2,1-2H3,(H2,26,28,29). The van der Waals surface area contributed by atoms with E-state index in [1.54, 1.807) is 6.20 Å². The smallest absolute Gasteiger partial charge is 0.191 e. The van der Waals surface area contributed by atoms with Gasteiger partial charge in [-0.25, -0.2) is 14.7 Å². The number of aromatic nitrogens is 3. The summed E-state index contributed by atoms with van der Waals surface area (Å²) in [7, 11) is 2.17. The Labute approximate surface area is 196 Å². The van der Waals surface area contributed by atoms with Crippen LogP contribution in [-0.2, 0) is 13.0 Å². The summed E-state index contributed by atoms with van der Waals surface area (Å²) in [5.41, 5.74) is 3.52.